The maximum Gasteiger partial charge on any atom is 0.172 e. The Hall–Kier alpha value is -1.59. The molecule has 18 heavy (non-hydrogen) atoms. The number of pyridine rings is 1. The molecule has 0 spiro atoms. The molecule has 0 aliphatic rings. The largest absolute Gasteiger partial charge is 0.333 e. The van der Waals surface area contributed by atoms with Gasteiger partial charge in [0.15, 0.2) is 11.0 Å². The summed E-state index contributed by atoms with van der Waals surface area (Å²) in [6.45, 7) is 0. The Morgan fingerprint density at radius 3 is 2.89 bits per heavy atom. The van der Waals surface area contributed by atoms with E-state index in [0.717, 1.165) is 22.8 Å². The van der Waals surface area contributed by atoms with E-state index in [2.05, 4.69) is 15.0 Å². The molecule has 0 amide bonds. The third-order valence-corrected chi connectivity index (χ3v) is 3.42. The number of benzene rings is 1. The smallest absolute Gasteiger partial charge is 0.172 e. The highest BCUT2D eigenvalue weighted by Crippen LogP contribution is 2.28. The molecule has 1 aromatic carbocycles. The van der Waals surface area contributed by atoms with Crippen molar-refractivity contribution in [2.45, 2.75) is 10.2 Å². The van der Waals surface area contributed by atoms with Crippen LogP contribution in [0.3, 0.4) is 0 Å². The summed E-state index contributed by atoms with van der Waals surface area (Å²) in [7, 11) is 0. The summed E-state index contributed by atoms with van der Waals surface area (Å²) in [5.41, 5.74) is 1.75. The molecule has 2 aromatic heterocycles. The molecule has 0 saturated heterocycles. The lowest BCUT2D eigenvalue weighted by molar-refractivity contribution is 0.587. The lowest BCUT2D eigenvalue weighted by atomic mass is 10.3. The van der Waals surface area contributed by atoms with Crippen molar-refractivity contribution < 1.29 is 4.39 Å². The van der Waals surface area contributed by atoms with E-state index in [1.54, 1.807) is 0 Å². The molecule has 1 N–H and O–H groups in total. The van der Waals surface area contributed by atoms with Gasteiger partial charge in [-0.05, 0) is 30.0 Å². The topological polar surface area (TPSA) is 41.6 Å². The first-order valence-corrected chi connectivity index (χ1v) is 6.35. The Kier molecular flexibility index (Phi) is 2.93. The molecule has 3 nitrogen and oxygen atoms in total. The molecule has 0 saturated carbocycles. The average Bonchev–Trinajstić information content (AvgIpc) is 2.75. The van der Waals surface area contributed by atoms with Crippen LogP contribution in [0.4, 0.5) is 4.39 Å². The van der Waals surface area contributed by atoms with Gasteiger partial charge >= 0.3 is 0 Å². The van der Waals surface area contributed by atoms with Crippen molar-refractivity contribution in [3.63, 3.8) is 0 Å². The van der Waals surface area contributed by atoms with E-state index in [4.69, 9.17) is 11.6 Å². The van der Waals surface area contributed by atoms with Gasteiger partial charge in [0.2, 0.25) is 0 Å². The van der Waals surface area contributed by atoms with Gasteiger partial charge in [0, 0.05) is 6.20 Å². The number of halogens is 2. The van der Waals surface area contributed by atoms with Crippen LogP contribution >= 0.6 is 23.4 Å². The predicted octanol–water partition coefficient (Wildman–Crippen LogP) is 3.90. The van der Waals surface area contributed by atoms with E-state index in [1.165, 1.54) is 12.3 Å². The molecule has 0 bridgehead atoms. The third kappa shape index (κ3) is 2.19. The summed E-state index contributed by atoms with van der Waals surface area (Å²) in [4.78, 5) is 11.4. The summed E-state index contributed by atoms with van der Waals surface area (Å²) in [6.07, 6.45) is 1.41. The Morgan fingerprint density at radius 2 is 2.11 bits per heavy atom. The minimum Gasteiger partial charge on any atom is -0.333 e. The van der Waals surface area contributed by atoms with Crippen molar-refractivity contribution in [3.8, 4) is 0 Å². The van der Waals surface area contributed by atoms with Crippen LogP contribution in [0.1, 0.15) is 0 Å². The van der Waals surface area contributed by atoms with Crippen molar-refractivity contribution in [2.75, 3.05) is 0 Å². The number of hydrogen-bond acceptors (Lipinski definition) is 3. The summed E-state index contributed by atoms with van der Waals surface area (Å²) >= 11 is 6.79. The second-order valence-electron chi connectivity index (χ2n) is 3.60. The van der Waals surface area contributed by atoms with Crippen molar-refractivity contribution in [1.29, 1.82) is 0 Å². The Labute approximate surface area is 111 Å². The predicted molar refractivity (Wildman–Crippen MR) is 69.4 cm³/mol. The highest BCUT2D eigenvalue weighted by atomic mass is 35.5. The van der Waals surface area contributed by atoms with Gasteiger partial charge in [-0.2, -0.15) is 0 Å². The summed E-state index contributed by atoms with van der Waals surface area (Å²) < 4.78 is 13.6. The number of imidazole rings is 1. The molecule has 0 aliphatic heterocycles. The third-order valence-electron chi connectivity index (χ3n) is 2.34. The van der Waals surface area contributed by atoms with Crippen LogP contribution in [0.5, 0.6) is 0 Å². The maximum absolute atomic E-state index is 13.6. The van der Waals surface area contributed by atoms with Crippen molar-refractivity contribution in [2.24, 2.45) is 0 Å². The van der Waals surface area contributed by atoms with Crippen LogP contribution in [0.15, 0.2) is 46.7 Å². The molecule has 0 aliphatic carbocycles. The van der Waals surface area contributed by atoms with Gasteiger partial charge in [-0.1, -0.05) is 23.7 Å². The zero-order valence-electron chi connectivity index (χ0n) is 9.02. The van der Waals surface area contributed by atoms with Gasteiger partial charge in [-0.15, -0.1) is 0 Å². The molecule has 90 valence electrons. The van der Waals surface area contributed by atoms with Crippen LogP contribution < -0.4 is 0 Å². The van der Waals surface area contributed by atoms with Gasteiger partial charge in [0.1, 0.15) is 5.03 Å². The van der Waals surface area contributed by atoms with Crippen LogP contribution in [0.2, 0.25) is 5.02 Å². The van der Waals surface area contributed by atoms with Crippen molar-refractivity contribution in [3.05, 3.63) is 47.4 Å². The van der Waals surface area contributed by atoms with Gasteiger partial charge < -0.3 is 4.98 Å². The lowest BCUT2D eigenvalue weighted by Gasteiger charge is -1.98. The van der Waals surface area contributed by atoms with E-state index in [1.807, 2.05) is 24.3 Å². The van der Waals surface area contributed by atoms with Crippen LogP contribution in [-0.4, -0.2) is 15.0 Å². The minimum atomic E-state index is -0.451. The number of aromatic nitrogens is 3. The summed E-state index contributed by atoms with van der Waals surface area (Å²) in [5.74, 6) is -0.451. The number of fused-ring (bicyclic) bond motifs is 1. The van der Waals surface area contributed by atoms with Crippen LogP contribution in [-0.2, 0) is 0 Å². The first-order valence-electron chi connectivity index (χ1n) is 5.16. The van der Waals surface area contributed by atoms with E-state index in [9.17, 15) is 4.39 Å². The molecule has 2 heterocycles. The molecule has 0 radical (unpaired) electrons. The first kappa shape index (κ1) is 11.5. The minimum absolute atomic E-state index is 0.249. The van der Waals surface area contributed by atoms with Gasteiger partial charge in [0.05, 0.1) is 16.1 Å². The number of aromatic amines is 1. The Balaban J connectivity index is 1.96. The fourth-order valence-corrected chi connectivity index (χ4v) is 2.44. The zero-order valence-corrected chi connectivity index (χ0v) is 10.6. The number of rotatable bonds is 2. The van der Waals surface area contributed by atoms with E-state index in [-0.39, 0.29) is 10.0 Å². The first-order chi connectivity index (χ1) is 8.72. The van der Waals surface area contributed by atoms with E-state index < -0.39 is 5.82 Å². The van der Waals surface area contributed by atoms with Gasteiger partial charge in [0.25, 0.3) is 0 Å². The monoisotopic (exact) mass is 279 g/mol. The fourth-order valence-electron chi connectivity index (χ4n) is 1.55. The van der Waals surface area contributed by atoms with Crippen LogP contribution in [0.25, 0.3) is 11.0 Å². The number of nitrogens with one attached hydrogen (secondary N) is 1. The standard InChI is InChI=1S/C12H7ClFN3S/c13-7-5-8(14)11(15-6-7)18-12-16-9-3-1-2-4-10(9)17-12/h1-6H,(H,16,17). The Bertz CT molecular complexity index is 680. The Morgan fingerprint density at radius 1 is 1.28 bits per heavy atom. The second-order valence-corrected chi connectivity index (χ2v) is 5.02. The number of hydrogen-bond donors (Lipinski definition) is 1. The molecule has 0 atom stereocenters. The molecule has 3 aromatic rings. The van der Waals surface area contributed by atoms with Crippen molar-refractivity contribution >= 4 is 34.4 Å². The molecule has 3 rings (SSSR count). The molecule has 6 heteroatoms. The molecule has 0 fully saturated rings. The highest BCUT2D eigenvalue weighted by Gasteiger charge is 2.10. The number of nitrogens with zero attached hydrogens (tertiary/aromatic N) is 2. The average molecular weight is 280 g/mol. The number of para-hydroxylation sites is 2. The maximum atomic E-state index is 13.6. The van der Waals surface area contributed by atoms with Crippen molar-refractivity contribution in [1.82, 2.24) is 15.0 Å². The summed E-state index contributed by atoms with van der Waals surface area (Å²) in [6, 6.07) is 8.86. The number of H-pyrrole nitrogens is 1. The van der Waals surface area contributed by atoms with Gasteiger partial charge in [-0.25, -0.2) is 14.4 Å². The fraction of sp³-hybridized carbons (Fsp3) is 0. The molecular weight excluding hydrogens is 273 g/mol. The SMILES string of the molecule is Fc1cc(Cl)cnc1Sc1nc2ccccc2[nH]1. The van der Waals surface area contributed by atoms with E-state index >= 15 is 0 Å². The zero-order chi connectivity index (χ0) is 12.5. The van der Waals surface area contributed by atoms with E-state index in [0.29, 0.717) is 5.16 Å². The normalized spacial score (nSPS) is 11.0. The molecular formula is C12H7ClFN3S. The van der Waals surface area contributed by atoms with Crippen LogP contribution in [0, 0.1) is 5.82 Å². The lowest BCUT2D eigenvalue weighted by Crippen LogP contribution is -1.87. The van der Waals surface area contributed by atoms with Gasteiger partial charge in [-0.3, -0.25) is 0 Å². The second kappa shape index (κ2) is 4.59. The molecule has 0 unspecified atom stereocenters. The summed E-state index contributed by atoms with van der Waals surface area (Å²) in [5, 5.41) is 1.13. The highest BCUT2D eigenvalue weighted by molar-refractivity contribution is 7.99. The quantitative estimate of drug-likeness (QED) is 0.773.